The summed E-state index contributed by atoms with van der Waals surface area (Å²) in [5.74, 6) is 0.134. The Morgan fingerprint density at radius 2 is 2.06 bits per heavy atom. The SMILES string of the molecule is CCN(CC(=O)N(C)C)CC1(CC#N)CC1. The summed E-state index contributed by atoms with van der Waals surface area (Å²) in [5.41, 5.74) is 0.192. The van der Waals surface area contributed by atoms with E-state index in [1.165, 1.54) is 0 Å². The number of amides is 1. The average molecular weight is 223 g/mol. The van der Waals surface area contributed by atoms with Crippen molar-refractivity contribution in [2.45, 2.75) is 26.2 Å². The molecular weight excluding hydrogens is 202 g/mol. The summed E-state index contributed by atoms with van der Waals surface area (Å²) >= 11 is 0. The number of hydrogen-bond donors (Lipinski definition) is 0. The van der Waals surface area contributed by atoms with Gasteiger partial charge in [0.15, 0.2) is 0 Å². The van der Waals surface area contributed by atoms with E-state index in [1.807, 2.05) is 0 Å². The smallest absolute Gasteiger partial charge is 0.236 e. The highest BCUT2D eigenvalue weighted by Gasteiger charge is 2.43. The third kappa shape index (κ3) is 3.49. The molecule has 1 rings (SSSR count). The van der Waals surface area contributed by atoms with E-state index in [9.17, 15) is 4.79 Å². The van der Waals surface area contributed by atoms with Crippen LogP contribution in [0.1, 0.15) is 26.2 Å². The van der Waals surface area contributed by atoms with E-state index >= 15 is 0 Å². The third-order valence-electron chi connectivity index (χ3n) is 3.28. The van der Waals surface area contributed by atoms with E-state index < -0.39 is 0 Å². The summed E-state index contributed by atoms with van der Waals surface area (Å²) in [7, 11) is 3.55. The number of carbonyl (C=O) groups is 1. The van der Waals surface area contributed by atoms with Crippen LogP contribution in [0.15, 0.2) is 0 Å². The van der Waals surface area contributed by atoms with E-state index in [4.69, 9.17) is 5.26 Å². The molecule has 0 unspecified atom stereocenters. The van der Waals surface area contributed by atoms with E-state index in [0.29, 0.717) is 13.0 Å². The van der Waals surface area contributed by atoms with Crippen molar-refractivity contribution in [2.75, 3.05) is 33.7 Å². The molecule has 0 bridgehead atoms. The fraction of sp³-hybridized carbons (Fsp3) is 0.833. The first-order valence-electron chi connectivity index (χ1n) is 5.82. The van der Waals surface area contributed by atoms with E-state index in [-0.39, 0.29) is 11.3 Å². The van der Waals surface area contributed by atoms with Gasteiger partial charge < -0.3 is 4.90 Å². The summed E-state index contributed by atoms with van der Waals surface area (Å²) in [4.78, 5) is 15.4. The first-order chi connectivity index (χ1) is 7.53. The monoisotopic (exact) mass is 223 g/mol. The molecule has 16 heavy (non-hydrogen) atoms. The van der Waals surface area contributed by atoms with Gasteiger partial charge in [-0.25, -0.2) is 0 Å². The summed E-state index contributed by atoms with van der Waals surface area (Å²) in [6.07, 6.45) is 2.89. The number of nitrogens with zero attached hydrogens (tertiary/aromatic N) is 3. The van der Waals surface area contributed by atoms with Crippen LogP contribution in [0.3, 0.4) is 0 Å². The van der Waals surface area contributed by atoms with Gasteiger partial charge in [-0.15, -0.1) is 0 Å². The highest BCUT2D eigenvalue weighted by atomic mass is 16.2. The first kappa shape index (κ1) is 13.0. The molecule has 90 valence electrons. The Hall–Kier alpha value is -1.08. The van der Waals surface area contributed by atoms with Gasteiger partial charge in [-0.05, 0) is 24.8 Å². The molecule has 1 fully saturated rings. The molecule has 4 nitrogen and oxygen atoms in total. The Morgan fingerprint density at radius 1 is 1.44 bits per heavy atom. The normalized spacial score (nSPS) is 16.9. The Balaban J connectivity index is 2.44. The molecular formula is C12H21N3O. The molecule has 0 N–H and O–H groups in total. The molecule has 0 aromatic heterocycles. The molecule has 0 spiro atoms. The lowest BCUT2D eigenvalue weighted by Gasteiger charge is -2.25. The van der Waals surface area contributed by atoms with Crippen LogP contribution in [-0.4, -0.2) is 49.4 Å². The molecule has 0 aromatic carbocycles. The third-order valence-corrected chi connectivity index (χ3v) is 3.28. The molecule has 0 radical (unpaired) electrons. The highest BCUT2D eigenvalue weighted by Crippen LogP contribution is 2.49. The quantitative estimate of drug-likeness (QED) is 0.677. The maximum absolute atomic E-state index is 11.6. The topological polar surface area (TPSA) is 47.3 Å². The predicted molar refractivity (Wildman–Crippen MR) is 62.7 cm³/mol. The van der Waals surface area contributed by atoms with Gasteiger partial charge in [0, 0.05) is 27.1 Å². The molecule has 0 saturated heterocycles. The number of rotatable bonds is 6. The molecule has 1 aliphatic rings. The van der Waals surface area contributed by atoms with Gasteiger partial charge in [0.25, 0.3) is 0 Å². The van der Waals surface area contributed by atoms with Crippen LogP contribution in [0.5, 0.6) is 0 Å². The summed E-state index contributed by atoms with van der Waals surface area (Å²) < 4.78 is 0. The number of carbonyl (C=O) groups excluding carboxylic acids is 1. The lowest BCUT2D eigenvalue weighted by molar-refractivity contribution is -0.130. The zero-order valence-corrected chi connectivity index (χ0v) is 10.5. The zero-order chi connectivity index (χ0) is 12.2. The van der Waals surface area contributed by atoms with Crippen LogP contribution in [0, 0.1) is 16.7 Å². The molecule has 0 aliphatic heterocycles. The lowest BCUT2D eigenvalue weighted by Crippen LogP contribution is -2.39. The second-order valence-corrected chi connectivity index (χ2v) is 4.93. The standard InChI is InChI=1S/C12H21N3O/c1-4-15(9-11(16)14(2)3)10-12(5-6-12)7-8-13/h4-7,9-10H2,1-3H3. The van der Waals surface area contributed by atoms with Crippen molar-refractivity contribution in [3.05, 3.63) is 0 Å². The van der Waals surface area contributed by atoms with Crippen molar-refractivity contribution in [1.82, 2.24) is 9.80 Å². The van der Waals surface area contributed by atoms with Gasteiger partial charge in [-0.3, -0.25) is 9.69 Å². The van der Waals surface area contributed by atoms with Gasteiger partial charge in [0.1, 0.15) is 0 Å². The van der Waals surface area contributed by atoms with Crippen LogP contribution in [-0.2, 0) is 4.79 Å². The Kier molecular flexibility index (Phi) is 4.31. The van der Waals surface area contributed by atoms with Crippen LogP contribution < -0.4 is 0 Å². The van der Waals surface area contributed by atoms with Gasteiger partial charge in [-0.2, -0.15) is 5.26 Å². The van der Waals surface area contributed by atoms with Crippen molar-refractivity contribution < 1.29 is 4.79 Å². The van der Waals surface area contributed by atoms with Crippen LogP contribution in [0.25, 0.3) is 0 Å². The Morgan fingerprint density at radius 3 is 2.44 bits per heavy atom. The number of nitriles is 1. The van der Waals surface area contributed by atoms with Gasteiger partial charge in [0.2, 0.25) is 5.91 Å². The predicted octanol–water partition coefficient (Wildman–Crippen LogP) is 1.09. The largest absolute Gasteiger partial charge is 0.348 e. The van der Waals surface area contributed by atoms with Crippen LogP contribution in [0.2, 0.25) is 0 Å². The van der Waals surface area contributed by atoms with Crippen molar-refractivity contribution in [3.63, 3.8) is 0 Å². The van der Waals surface area contributed by atoms with Crippen molar-refractivity contribution in [2.24, 2.45) is 5.41 Å². The van der Waals surface area contributed by atoms with Gasteiger partial charge >= 0.3 is 0 Å². The fourth-order valence-corrected chi connectivity index (χ4v) is 1.82. The number of hydrogen-bond acceptors (Lipinski definition) is 3. The molecule has 0 atom stereocenters. The van der Waals surface area contributed by atoms with Crippen LogP contribution in [0.4, 0.5) is 0 Å². The second-order valence-electron chi connectivity index (χ2n) is 4.93. The second kappa shape index (κ2) is 5.31. The minimum atomic E-state index is 0.134. The van der Waals surface area contributed by atoms with E-state index in [1.54, 1.807) is 19.0 Å². The Labute approximate surface area is 97.8 Å². The van der Waals surface area contributed by atoms with Crippen molar-refractivity contribution >= 4 is 5.91 Å². The molecule has 1 saturated carbocycles. The fourth-order valence-electron chi connectivity index (χ4n) is 1.82. The molecule has 0 aromatic rings. The van der Waals surface area contributed by atoms with E-state index in [2.05, 4.69) is 17.9 Å². The van der Waals surface area contributed by atoms with Gasteiger partial charge in [-0.1, -0.05) is 6.92 Å². The minimum absolute atomic E-state index is 0.134. The molecule has 4 heteroatoms. The van der Waals surface area contributed by atoms with Crippen molar-refractivity contribution in [3.8, 4) is 6.07 Å². The average Bonchev–Trinajstić information content (AvgIpc) is 2.97. The van der Waals surface area contributed by atoms with E-state index in [0.717, 1.165) is 25.9 Å². The lowest BCUT2D eigenvalue weighted by atomic mass is 10.0. The Bertz CT molecular complexity index is 289. The summed E-state index contributed by atoms with van der Waals surface area (Å²) in [5, 5.41) is 8.75. The summed E-state index contributed by atoms with van der Waals surface area (Å²) in [6, 6.07) is 2.25. The van der Waals surface area contributed by atoms with Crippen molar-refractivity contribution in [1.29, 1.82) is 5.26 Å². The highest BCUT2D eigenvalue weighted by molar-refractivity contribution is 5.77. The summed E-state index contributed by atoms with van der Waals surface area (Å²) in [6.45, 7) is 4.28. The van der Waals surface area contributed by atoms with Crippen LogP contribution >= 0.6 is 0 Å². The van der Waals surface area contributed by atoms with Gasteiger partial charge in [0.05, 0.1) is 12.6 Å². The maximum Gasteiger partial charge on any atom is 0.236 e. The minimum Gasteiger partial charge on any atom is -0.348 e. The molecule has 1 aliphatic carbocycles. The zero-order valence-electron chi connectivity index (χ0n) is 10.5. The molecule has 1 amide bonds. The first-order valence-corrected chi connectivity index (χ1v) is 5.82. The number of likely N-dealkylation sites (N-methyl/N-ethyl adjacent to an activating group) is 2. The maximum atomic E-state index is 11.6. The molecule has 0 heterocycles.